The molecule has 1 aliphatic heterocycles. The third kappa shape index (κ3) is 8.30. The number of alkyl halides is 35. The summed E-state index contributed by atoms with van der Waals surface area (Å²) in [7, 11) is 0. The summed E-state index contributed by atoms with van der Waals surface area (Å²) in [5.74, 6) is 0.0715. The minimum atomic E-state index is -1.94. The van der Waals surface area contributed by atoms with Gasteiger partial charge in [0.15, 0.2) is 41.5 Å². The van der Waals surface area contributed by atoms with Crippen LogP contribution in [-0.4, -0.2) is 160 Å². The summed E-state index contributed by atoms with van der Waals surface area (Å²) in [5, 5.41) is 2.51. The van der Waals surface area contributed by atoms with Crippen molar-refractivity contribution in [3.63, 3.8) is 0 Å². The van der Waals surface area contributed by atoms with Gasteiger partial charge in [0, 0.05) is 34.8 Å². The molecule has 21 aliphatic carbocycles. The molecule has 0 aromatic heterocycles. The molecule has 16 fully saturated rings. The van der Waals surface area contributed by atoms with Crippen molar-refractivity contribution in [3.05, 3.63) is 62.5 Å². The lowest BCUT2D eigenvalue weighted by molar-refractivity contribution is -0.122. The van der Waals surface area contributed by atoms with E-state index in [1.807, 2.05) is 0 Å². The highest BCUT2D eigenvalue weighted by Crippen LogP contribution is 3.10. The van der Waals surface area contributed by atoms with Crippen molar-refractivity contribution >= 4 is 532 Å². The topological polar surface area (TPSA) is 29.6 Å². The number of halogens is 45. The van der Waals surface area contributed by atoms with Crippen LogP contribution in [0.5, 0.6) is 0 Å². The van der Waals surface area contributed by atoms with Gasteiger partial charge < -0.3 is 4.74 Å². The number of fused-ring (bicyclic) bond motifs is 30. The van der Waals surface area contributed by atoms with E-state index in [1.165, 1.54) is 0 Å². The fraction of sp³-hybridized carbons (Fsp3) is 0.787. The maximum absolute atomic E-state index is 12.8. The van der Waals surface area contributed by atoms with Gasteiger partial charge in [0.25, 0.3) is 0 Å². The molecule has 31 atom stereocenters. The van der Waals surface area contributed by atoms with Crippen LogP contribution in [0.15, 0.2) is 62.5 Å². The van der Waals surface area contributed by atoms with Crippen molar-refractivity contribution in [1.82, 2.24) is 0 Å². The number of allylic oxidation sites excluding steroid dienone is 12. The van der Waals surface area contributed by atoms with Crippen molar-refractivity contribution in [2.45, 2.75) is 162 Å². The van der Waals surface area contributed by atoms with Gasteiger partial charge in [-0.2, -0.15) is 0 Å². The lowest BCUT2D eigenvalue weighted by Gasteiger charge is -2.80. The summed E-state index contributed by atoms with van der Waals surface area (Å²) < 4.78 is -3.38. The quantitative estimate of drug-likeness (QED) is 0.122. The number of epoxide rings is 1. The standard InChI is InChI=1S/C12H8Cl6O.C12H8Cl6.C10Cl10O.C10H6Cl8.C9H6Cl8.C8H5BrCl6/c13-8-9(14)11(16)5-3-1-2(6-7(3)19-6)4(5)10(8,15)12(11,17)18;13-8-9(14)11(16)7-5-2-1-4(3-5)6(7)10(8,15)12(11,17)18;11-2-1(21)3(12)6(15)4(2,13)8(17)5(2,14)7(3,16)9(6,18)10(8,19)20;11-3-1-2-4(5(3)12)9(16)7(14)6(13)8(2,15)10(9,17)18;10-1-3-4(2-11)8(15)6(13)5(12)7(3,14)9(8,16)17;9-2-3-1-6(12)4(10)5(11)7(3,13)8(6,14)15/h2-7H,1H2;1-2,4-7H,3H2;;2-5H,1H2;3-4H,1-2H2;3H,1-2H2/t;4-,5+,6+,7-,10+,11-;;;;. The first-order chi connectivity index (χ1) is 48.8. The molecule has 108 heavy (non-hydrogen) atoms. The van der Waals surface area contributed by atoms with Gasteiger partial charge in [0.1, 0.15) is 78.0 Å². The average molecular weight is 2440 g/mol. The van der Waals surface area contributed by atoms with Crippen LogP contribution in [0.2, 0.25) is 0 Å². The van der Waals surface area contributed by atoms with Crippen LogP contribution in [0.4, 0.5) is 0 Å². The summed E-state index contributed by atoms with van der Waals surface area (Å²) in [4.78, 5) is -13.6. The smallest absolute Gasteiger partial charge is 0.182 e. The van der Waals surface area contributed by atoms with Crippen LogP contribution in [-0.2, 0) is 9.53 Å². The van der Waals surface area contributed by atoms with Gasteiger partial charge in [-0.1, -0.05) is 283 Å². The van der Waals surface area contributed by atoms with Gasteiger partial charge in [-0.15, -0.1) is 255 Å². The molecular weight excluding hydrogens is 2400 g/mol. The number of carbonyl (C=O) groups is 1. The van der Waals surface area contributed by atoms with Crippen molar-refractivity contribution < 1.29 is 9.53 Å². The second kappa shape index (κ2) is 26.2. The Morgan fingerprint density at radius 1 is 0.352 bits per heavy atom. The molecule has 1 saturated heterocycles. The molecule has 0 aromatic rings. The Kier molecular flexibility index (Phi) is 22.5. The highest BCUT2D eigenvalue weighted by atomic mass is 79.9. The molecule has 0 aromatic carbocycles. The molecular formula is C61H33BrCl44O2. The van der Waals surface area contributed by atoms with Crippen LogP contribution in [0.25, 0.3) is 0 Å². The highest BCUT2D eigenvalue weighted by molar-refractivity contribution is 9.09. The molecule has 0 radical (unpaired) electrons. The second-order valence-electron chi connectivity index (χ2n) is 31.0. The molecule has 0 spiro atoms. The molecule has 0 N–H and O–H groups in total. The molecule has 18 bridgehead atoms. The molecule has 47 heteroatoms. The Bertz CT molecular complexity index is 4180. The maximum Gasteiger partial charge on any atom is 0.182 e. The first kappa shape index (κ1) is 92.6. The molecule has 2 nitrogen and oxygen atoms in total. The van der Waals surface area contributed by atoms with Crippen molar-refractivity contribution in [2.75, 3.05) is 17.1 Å². The Morgan fingerprint density at radius 2 is 0.657 bits per heavy atom. The third-order valence-corrected chi connectivity index (χ3v) is 61.5. The first-order valence-electron chi connectivity index (χ1n) is 31.6. The van der Waals surface area contributed by atoms with Crippen LogP contribution >= 0.6 is 526 Å². The summed E-state index contributed by atoms with van der Waals surface area (Å²) in [6.07, 6.45) is 8.09. The zero-order chi connectivity index (χ0) is 81.2. The van der Waals surface area contributed by atoms with Gasteiger partial charge in [-0.3, -0.25) is 4.79 Å². The molecule has 22 aliphatic rings. The largest absolute Gasteiger partial charge is 0.369 e. The van der Waals surface area contributed by atoms with E-state index in [2.05, 4.69) is 28.1 Å². The van der Waals surface area contributed by atoms with Crippen LogP contribution in [0.3, 0.4) is 0 Å². The molecule has 15 saturated carbocycles. The van der Waals surface area contributed by atoms with Gasteiger partial charge in [0.2, 0.25) is 0 Å². The average Bonchev–Trinajstić information content (AvgIpc) is 1.32. The lowest BCUT2D eigenvalue weighted by Crippen LogP contribution is -3.03. The number of carbonyl (C=O) groups excluding carboxylic acids is 1. The van der Waals surface area contributed by atoms with Crippen molar-refractivity contribution in [2.24, 2.45) is 76.9 Å². The summed E-state index contributed by atoms with van der Waals surface area (Å²) >= 11 is 286. The zero-order valence-corrected chi connectivity index (χ0v) is 86.1. The third-order valence-electron chi connectivity index (χ3n) is 28.3. The highest BCUT2D eigenvalue weighted by Gasteiger charge is 3.31. The van der Waals surface area contributed by atoms with Crippen LogP contribution in [0, 0.1) is 76.9 Å². The molecule has 1 heterocycles. The Balaban J connectivity index is 0.0000000992. The maximum atomic E-state index is 12.8. The lowest BCUT2D eigenvalue weighted by atomic mass is 9.41. The molecule has 25 unspecified atom stereocenters. The molecule has 604 valence electrons. The van der Waals surface area contributed by atoms with Crippen LogP contribution < -0.4 is 0 Å². The Labute approximate surface area is 847 Å². The van der Waals surface area contributed by atoms with Crippen molar-refractivity contribution in [1.29, 1.82) is 0 Å². The number of ether oxygens (including phenoxy) is 1. The summed E-state index contributed by atoms with van der Waals surface area (Å²) in [6.45, 7) is 0. The monoisotopic (exact) mass is 2410 g/mol. The van der Waals surface area contributed by atoms with E-state index in [9.17, 15) is 4.79 Å². The minimum Gasteiger partial charge on any atom is -0.369 e. The second-order valence-corrected chi connectivity index (χ2v) is 55.6. The molecule has 22 rings (SSSR count). The number of hydrogen-bond acceptors (Lipinski definition) is 2. The van der Waals surface area contributed by atoms with E-state index in [-0.39, 0.29) is 113 Å². The SMILES string of the molecule is ClC1=C(Cl)C2(Cl)C(CBr)CC1(Cl)C2(Cl)Cl.ClC1=C(Cl)C2(Cl)C3C(Cl)C(Cl)CC3C1(Cl)C2(Cl)Cl.ClC1=C(Cl)C2(Cl)C3C4CC(C5OC45)C3C1(Cl)C2(Cl)Cl.ClC1=C(Cl)[C@]2(Cl)[C@H]3[C@H]([C@@H]4C=C[C@H]3C4)[C@@]1(Cl)C2(Cl)Cl.ClCC1C(CCl)C2(Cl)C(Cl)=C(Cl)C1(Cl)C2(Cl)Cl.O=C1C2(Cl)C3(Cl)C4(Cl)C(Cl)(Cl)C5(Cl)C3(Cl)C1(Cl)C5(Cl)C24Cl. The number of rotatable bonds is 3. The van der Waals surface area contributed by atoms with Crippen molar-refractivity contribution in [3.8, 4) is 0 Å². The zero-order valence-electron chi connectivity index (χ0n) is 51.2. The Morgan fingerprint density at radius 3 is 0.991 bits per heavy atom. The fourth-order valence-electron chi connectivity index (χ4n) is 23.7. The number of Topliss-reactive ketones (excluding diaryl/α,β-unsaturated/α-hetero) is 1. The van der Waals surface area contributed by atoms with E-state index in [4.69, 9.17) is 515 Å². The van der Waals surface area contributed by atoms with E-state index >= 15 is 0 Å². The van der Waals surface area contributed by atoms with Gasteiger partial charge >= 0.3 is 0 Å². The van der Waals surface area contributed by atoms with E-state index in [1.54, 1.807) is 0 Å². The predicted molar refractivity (Wildman–Crippen MR) is 476 cm³/mol. The van der Waals surface area contributed by atoms with E-state index < -0.39 is 125 Å². The van der Waals surface area contributed by atoms with Gasteiger partial charge in [-0.25, -0.2) is 0 Å². The fourth-order valence-corrected chi connectivity index (χ4v) is 50.3. The van der Waals surface area contributed by atoms with E-state index in [0.717, 1.165) is 12.8 Å². The summed E-state index contributed by atoms with van der Waals surface area (Å²) in [5.41, 5.74) is 0. The minimum absolute atomic E-state index is 0.0401. The number of hydrogen-bond donors (Lipinski definition) is 0. The van der Waals surface area contributed by atoms with Gasteiger partial charge in [-0.05, 0) is 84.9 Å². The number of ketones is 1. The predicted octanol–water partition coefficient (Wildman–Crippen LogP) is 30.8. The normalized spacial score (nSPS) is 61.0. The Hall–Kier alpha value is 11.3. The summed E-state index contributed by atoms with van der Waals surface area (Å²) in [6, 6.07) is 0. The van der Waals surface area contributed by atoms with E-state index in [0.29, 0.717) is 62.0 Å². The van der Waals surface area contributed by atoms with Gasteiger partial charge in [0.05, 0.1) is 73.3 Å². The molecule has 0 amide bonds. The van der Waals surface area contributed by atoms with Crippen LogP contribution in [0.1, 0.15) is 25.7 Å². The first-order valence-corrected chi connectivity index (χ1v) is 49.8.